The molecule has 6 nitrogen and oxygen atoms in total. The first-order valence-corrected chi connectivity index (χ1v) is 11.2. The number of amides is 1. The van der Waals surface area contributed by atoms with Gasteiger partial charge in [-0.1, -0.05) is 35.9 Å². The van der Waals surface area contributed by atoms with Gasteiger partial charge in [0.05, 0.1) is 24.7 Å². The smallest absolute Gasteiger partial charge is 0.251 e. The molecule has 0 atom stereocenters. The normalized spacial score (nSPS) is 10.8. The van der Waals surface area contributed by atoms with E-state index in [-0.39, 0.29) is 5.91 Å². The monoisotopic (exact) mass is 443 g/mol. The van der Waals surface area contributed by atoms with Gasteiger partial charge in [-0.2, -0.15) is 0 Å². The van der Waals surface area contributed by atoms with Crippen molar-refractivity contribution in [1.82, 2.24) is 14.9 Å². The Balaban J connectivity index is 1.37. The van der Waals surface area contributed by atoms with E-state index in [0.29, 0.717) is 25.3 Å². The van der Waals surface area contributed by atoms with Crippen LogP contribution in [0.3, 0.4) is 0 Å². The topological polar surface area (TPSA) is 65.4 Å². The standard InChI is InChI=1S/C27H29N3O3/c1-20-8-5-9-21(18-20)27(31)28-15-7-14-26-29-24-12-3-4-13-25(24)30(26)16-17-33-23-11-6-10-22(19-23)32-2/h3-6,8-13,18-19H,7,14-17H2,1-2H3,(H,28,31). The Kier molecular flexibility index (Phi) is 7.25. The summed E-state index contributed by atoms with van der Waals surface area (Å²) in [5, 5.41) is 3.01. The van der Waals surface area contributed by atoms with Crippen molar-refractivity contribution in [2.24, 2.45) is 0 Å². The van der Waals surface area contributed by atoms with Gasteiger partial charge in [0.1, 0.15) is 23.9 Å². The van der Waals surface area contributed by atoms with E-state index in [4.69, 9.17) is 14.5 Å². The van der Waals surface area contributed by atoms with Crippen LogP contribution in [0.2, 0.25) is 0 Å². The first-order chi connectivity index (χ1) is 16.1. The molecule has 0 fully saturated rings. The van der Waals surface area contributed by atoms with Crippen molar-refractivity contribution in [3.63, 3.8) is 0 Å². The second-order valence-electron chi connectivity index (χ2n) is 7.92. The number of para-hydroxylation sites is 2. The maximum atomic E-state index is 12.4. The van der Waals surface area contributed by atoms with E-state index in [0.717, 1.165) is 46.8 Å². The van der Waals surface area contributed by atoms with Crippen molar-refractivity contribution >= 4 is 16.9 Å². The summed E-state index contributed by atoms with van der Waals surface area (Å²) in [5.74, 6) is 2.50. The molecule has 0 radical (unpaired) electrons. The van der Waals surface area contributed by atoms with Gasteiger partial charge in [0, 0.05) is 24.6 Å². The first-order valence-electron chi connectivity index (χ1n) is 11.2. The number of ether oxygens (including phenoxy) is 2. The lowest BCUT2D eigenvalue weighted by Crippen LogP contribution is -2.25. The fraction of sp³-hybridized carbons (Fsp3) is 0.259. The number of methoxy groups -OCH3 is 1. The van der Waals surface area contributed by atoms with E-state index in [1.165, 1.54) is 0 Å². The quantitative estimate of drug-likeness (QED) is 0.358. The van der Waals surface area contributed by atoms with Crippen LogP contribution in [0.1, 0.15) is 28.2 Å². The van der Waals surface area contributed by atoms with Crippen LogP contribution in [0.5, 0.6) is 11.5 Å². The van der Waals surface area contributed by atoms with Crippen LogP contribution in [0.25, 0.3) is 11.0 Å². The summed E-state index contributed by atoms with van der Waals surface area (Å²) >= 11 is 0. The third-order valence-electron chi connectivity index (χ3n) is 5.50. The molecule has 33 heavy (non-hydrogen) atoms. The van der Waals surface area contributed by atoms with Crippen LogP contribution in [0, 0.1) is 6.92 Å². The number of fused-ring (bicyclic) bond motifs is 1. The molecule has 0 aliphatic rings. The highest BCUT2D eigenvalue weighted by Crippen LogP contribution is 2.20. The van der Waals surface area contributed by atoms with E-state index < -0.39 is 0 Å². The predicted octanol–water partition coefficient (Wildman–Crippen LogP) is 4.79. The minimum atomic E-state index is -0.0427. The second kappa shape index (κ2) is 10.7. The fourth-order valence-corrected chi connectivity index (χ4v) is 3.85. The molecule has 0 aliphatic carbocycles. The third kappa shape index (κ3) is 5.71. The predicted molar refractivity (Wildman–Crippen MR) is 130 cm³/mol. The van der Waals surface area contributed by atoms with E-state index in [2.05, 4.69) is 16.0 Å². The minimum absolute atomic E-state index is 0.0427. The summed E-state index contributed by atoms with van der Waals surface area (Å²) in [4.78, 5) is 17.2. The van der Waals surface area contributed by atoms with Crippen LogP contribution in [-0.4, -0.2) is 35.7 Å². The third-order valence-corrected chi connectivity index (χ3v) is 5.50. The number of imidazole rings is 1. The molecule has 1 aromatic heterocycles. The summed E-state index contributed by atoms with van der Waals surface area (Å²) in [6.45, 7) is 3.78. The zero-order valence-electron chi connectivity index (χ0n) is 19.1. The van der Waals surface area contributed by atoms with E-state index in [1.54, 1.807) is 7.11 Å². The molecule has 1 heterocycles. The minimum Gasteiger partial charge on any atom is -0.497 e. The zero-order valence-corrected chi connectivity index (χ0v) is 19.1. The van der Waals surface area contributed by atoms with Crippen LogP contribution in [0.4, 0.5) is 0 Å². The molecule has 4 aromatic rings. The number of nitrogens with zero attached hydrogens (tertiary/aromatic N) is 2. The number of aryl methyl sites for hydroxylation is 2. The van der Waals surface area contributed by atoms with Crippen LogP contribution in [-0.2, 0) is 13.0 Å². The zero-order chi connectivity index (χ0) is 23.0. The molecule has 0 spiro atoms. The number of benzene rings is 3. The molecule has 0 saturated heterocycles. The van der Waals surface area contributed by atoms with Crippen molar-refractivity contribution in [2.45, 2.75) is 26.3 Å². The summed E-state index contributed by atoms with van der Waals surface area (Å²) in [6, 6.07) is 23.4. The summed E-state index contributed by atoms with van der Waals surface area (Å²) in [7, 11) is 1.65. The highest BCUT2D eigenvalue weighted by atomic mass is 16.5. The molecule has 1 N–H and O–H groups in total. The molecular weight excluding hydrogens is 414 g/mol. The number of nitrogens with one attached hydrogen (secondary N) is 1. The second-order valence-corrected chi connectivity index (χ2v) is 7.92. The SMILES string of the molecule is COc1cccc(OCCn2c(CCCNC(=O)c3cccc(C)c3)nc3ccccc32)c1. The van der Waals surface area contributed by atoms with Crippen molar-refractivity contribution in [2.75, 3.05) is 20.3 Å². The summed E-state index contributed by atoms with van der Waals surface area (Å²) < 4.78 is 13.4. The maximum Gasteiger partial charge on any atom is 0.251 e. The molecule has 6 heteroatoms. The van der Waals surface area contributed by atoms with Crippen molar-refractivity contribution in [3.8, 4) is 11.5 Å². The van der Waals surface area contributed by atoms with E-state index in [9.17, 15) is 4.79 Å². The number of carbonyl (C=O) groups excluding carboxylic acids is 1. The largest absolute Gasteiger partial charge is 0.497 e. The lowest BCUT2D eigenvalue weighted by Gasteiger charge is -2.12. The molecule has 0 saturated carbocycles. The van der Waals surface area contributed by atoms with Gasteiger partial charge in [-0.25, -0.2) is 4.98 Å². The molecule has 3 aromatic carbocycles. The molecule has 0 bridgehead atoms. The van der Waals surface area contributed by atoms with Crippen LogP contribution < -0.4 is 14.8 Å². The van der Waals surface area contributed by atoms with Gasteiger partial charge in [-0.05, 0) is 49.7 Å². The van der Waals surface area contributed by atoms with Crippen LogP contribution >= 0.6 is 0 Å². The van der Waals surface area contributed by atoms with Gasteiger partial charge in [-0.15, -0.1) is 0 Å². The van der Waals surface area contributed by atoms with Crippen molar-refractivity contribution in [3.05, 3.63) is 89.7 Å². The Morgan fingerprint density at radius 3 is 2.67 bits per heavy atom. The number of aromatic nitrogens is 2. The lowest BCUT2D eigenvalue weighted by atomic mass is 10.1. The Labute approximate surface area is 194 Å². The number of rotatable bonds is 10. The number of hydrogen-bond donors (Lipinski definition) is 1. The summed E-state index contributed by atoms with van der Waals surface area (Å²) in [5.41, 5.74) is 3.83. The average molecular weight is 444 g/mol. The number of carbonyl (C=O) groups is 1. The Bertz CT molecular complexity index is 1230. The molecule has 170 valence electrons. The Morgan fingerprint density at radius 2 is 1.82 bits per heavy atom. The summed E-state index contributed by atoms with van der Waals surface area (Å²) in [6.07, 6.45) is 1.57. The highest BCUT2D eigenvalue weighted by molar-refractivity contribution is 5.94. The lowest BCUT2D eigenvalue weighted by molar-refractivity contribution is 0.0953. The first kappa shape index (κ1) is 22.4. The van der Waals surface area contributed by atoms with Crippen molar-refractivity contribution in [1.29, 1.82) is 0 Å². The van der Waals surface area contributed by atoms with E-state index in [1.807, 2.05) is 73.7 Å². The van der Waals surface area contributed by atoms with Crippen LogP contribution in [0.15, 0.2) is 72.8 Å². The van der Waals surface area contributed by atoms with E-state index >= 15 is 0 Å². The Morgan fingerprint density at radius 1 is 1.00 bits per heavy atom. The van der Waals surface area contributed by atoms with Gasteiger partial charge in [0.15, 0.2) is 0 Å². The highest BCUT2D eigenvalue weighted by Gasteiger charge is 2.11. The van der Waals surface area contributed by atoms with Gasteiger partial charge < -0.3 is 19.4 Å². The Hall–Kier alpha value is -3.80. The molecule has 4 rings (SSSR count). The van der Waals surface area contributed by atoms with Crippen molar-refractivity contribution < 1.29 is 14.3 Å². The number of hydrogen-bond acceptors (Lipinski definition) is 4. The molecule has 0 unspecified atom stereocenters. The average Bonchev–Trinajstić information content (AvgIpc) is 3.19. The maximum absolute atomic E-state index is 12.4. The van der Waals surface area contributed by atoms with Gasteiger partial charge in [0.25, 0.3) is 5.91 Å². The van der Waals surface area contributed by atoms with Gasteiger partial charge in [-0.3, -0.25) is 4.79 Å². The van der Waals surface area contributed by atoms with Gasteiger partial charge >= 0.3 is 0 Å². The fourth-order valence-electron chi connectivity index (χ4n) is 3.85. The molecule has 0 aliphatic heterocycles. The van der Waals surface area contributed by atoms with Gasteiger partial charge in [0.2, 0.25) is 0 Å². The molecule has 1 amide bonds. The molecular formula is C27H29N3O3.